The van der Waals surface area contributed by atoms with Gasteiger partial charge in [-0.05, 0) is 98.5 Å². The largest absolute Gasteiger partial charge is 0.490 e. The lowest BCUT2D eigenvalue weighted by Gasteiger charge is -2.35. The number of benzene rings is 3. The van der Waals surface area contributed by atoms with Crippen molar-refractivity contribution in [1.82, 2.24) is 9.62 Å². The number of halogens is 3. The number of carbonyl (C=O) groups is 1. The molecular formula is C32H36ClF2N3O5S. The minimum Gasteiger partial charge on any atom is -0.490 e. The standard InChI is InChI=1S/C32H36ClF2N3O5S/c33-28-12-7-22(19-29(28)43-25-9-10-25)32(34,35)30(31(39)38-15-13-23(36)14-16-38)37-44(40,41)27-11-6-20-17-26(8-5-21(20)18-27)42-24-3-1-2-4-24/h5-8,11-12,17-19,23-25,30,37H,1-4,9-10,13-16,36H2. The first-order valence-electron chi connectivity index (χ1n) is 15.1. The van der Waals surface area contributed by atoms with E-state index in [0.29, 0.717) is 24.0 Å². The molecule has 3 N–H and O–H groups in total. The highest BCUT2D eigenvalue weighted by Gasteiger charge is 2.50. The molecule has 44 heavy (non-hydrogen) atoms. The predicted octanol–water partition coefficient (Wildman–Crippen LogP) is 5.74. The lowest BCUT2D eigenvalue weighted by molar-refractivity contribution is -0.145. The van der Waals surface area contributed by atoms with Crippen LogP contribution in [0, 0.1) is 0 Å². The monoisotopic (exact) mass is 647 g/mol. The average molecular weight is 648 g/mol. The van der Waals surface area contributed by atoms with E-state index >= 15 is 8.78 Å². The SMILES string of the molecule is NC1CCN(C(=O)C(NS(=O)(=O)c2ccc3cc(OC4CCCC4)ccc3c2)C(F)(F)c2ccc(Cl)c(OC3CC3)c2)CC1. The van der Waals surface area contributed by atoms with Crippen LogP contribution in [0.5, 0.6) is 11.5 Å². The quantitative estimate of drug-likeness (QED) is 0.290. The first-order valence-corrected chi connectivity index (χ1v) is 17.0. The predicted molar refractivity (Wildman–Crippen MR) is 164 cm³/mol. The summed E-state index contributed by atoms with van der Waals surface area (Å²) in [4.78, 5) is 14.7. The van der Waals surface area contributed by atoms with Gasteiger partial charge in [-0.1, -0.05) is 29.8 Å². The molecule has 1 heterocycles. The number of likely N-dealkylation sites (tertiary alicyclic amines) is 1. The van der Waals surface area contributed by atoms with Crippen molar-refractivity contribution in [3.8, 4) is 11.5 Å². The zero-order valence-electron chi connectivity index (χ0n) is 24.2. The molecule has 3 aromatic carbocycles. The molecule has 0 bridgehead atoms. The Kier molecular flexibility index (Phi) is 8.76. The molecule has 2 aliphatic carbocycles. The van der Waals surface area contributed by atoms with Crippen LogP contribution in [0.25, 0.3) is 10.8 Å². The summed E-state index contributed by atoms with van der Waals surface area (Å²) in [6.07, 6.45) is 6.75. The van der Waals surface area contributed by atoms with Crippen LogP contribution < -0.4 is 19.9 Å². The summed E-state index contributed by atoms with van der Waals surface area (Å²) in [5, 5.41) is 1.48. The number of nitrogens with one attached hydrogen (secondary N) is 1. The van der Waals surface area contributed by atoms with Gasteiger partial charge in [-0.25, -0.2) is 8.42 Å². The van der Waals surface area contributed by atoms with Crippen LogP contribution in [0.3, 0.4) is 0 Å². The van der Waals surface area contributed by atoms with E-state index in [0.717, 1.165) is 56.0 Å². The molecule has 8 nitrogen and oxygen atoms in total. The lowest BCUT2D eigenvalue weighted by Crippen LogP contribution is -2.58. The van der Waals surface area contributed by atoms with Crippen LogP contribution in [0.2, 0.25) is 5.02 Å². The van der Waals surface area contributed by atoms with Crippen LogP contribution in [-0.2, 0) is 20.7 Å². The molecule has 3 aromatic rings. The van der Waals surface area contributed by atoms with Gasteiger partial charge < -0.3 is 20.1 Å². The fourth-order valence-electron chi connectivity index (χ4n) is 5.78. The van der Waals surface area contributed by atoms with Gasteiger partial charge in [-0.2, -0.15) is 13.5 Å². The maximum Gasteiger partial charge on any atom is 0.298 e. The van der Waals surface area contributed by atoms with Crippen LogP contribution in [0.15, 0.2) is 59.5 Å². The van der Waals surface area contributed by atoms with E-state index in [9.17, 15) is 13.2 Å². The second kappa shape index (κ2) is 12.4. The van der Waals surface area contributed by atoms with Gasteiger partial charge in [0.2, 0.25) is 15.9 Å². The Bertz CT molecular complexity index is 1640. The maximum atomic E-state index is 16.4. The number of nitrogens with zero attached hydrogens (tertiary/aromatic N) is 1. The molecule has 236 valence electrons. The van der Waals surface area contributed by atoms with Crippen molar-refractivity contribution in [2.75, 3.05) is 13.1 Å². The number of carbonyl (C=O) groups excluding carboxylic acids is 1. The summed E-state index contributed by atoms with van der Waals surface area (Å²) in [7, 11) is -4.58. The molecule has 1 atom stereocenters. The molecule has 3 fully saturated rings. The van der Waals surface area contributed by atoms with E-state index in [2.05, 4.69) is 4.72 Å². The van der Waals surface area contributed by atoms with Gasteiger partial charge in [0, 0.05) is 24.7 Å². The van der Waals surface area contributed by atoms with Crippen molar-refractivity contribution >= 4 is 38.3 Å². The van der Waals surface area contributed by atoms with Crippen molar-refractivity contribution in [3.63, 3.8) is 0 Å². The minimum atomic E-state index is -4.58. The summed E-state index contributed by atoms with van der Waals surface area (Å²) >= 11 is 6.21. The molecule has 0 spiro atoms. The van der Waals surface area contributed by atoms with Crippen molar-refractivity contribution in [2.24, 2.45) is 5.73 Å². The van der Waals surface area contributed by atoms with Gasteiger partial charge in [-0.3, -0.25) is 4.79 Å². The van der Waals surface area contributed by atoms with E-state index in [1.54, 1.807) is 18.2 Å². The number of amides is 1. The van der Waals surface area contributed by atoms with E-state index in [1.807, 2.05) is 6.07 Å². The Hall–Kier alpha value is -2.99. The van der Waals surface area contributed by atoms with Crippen molar-refractivity contribution in [2.45, 2.75) is 86.5 Å². The summed E-state index contributed by atoms with van der Waals surface area (Å²) in [5.41, 5.74) is 5.38. The summed E-state index contributed by atoms with van der Waals surface area (Å²) in [5.74, 6) is -4.22. The Morgan fingerprint density at radius 2 is 1.57 bits per heavy atom. The van der Waals surface area contributed by atoms with Gasteiger partial charge in [0.25, 0.3) is 5.92 Å². The minimum absolute atomic E-state index is 0.0650. The van der Waals surface area contributed by atoms with Crippen molar-refractivity contribution in [3.05, 3.63) is 65.2 Å². The molecule has 1 amide bonds. The number of ether oxygens (including phenoxy) is 2. The average Bonchev–Trinajstić information content (AvgIpc) is 3.68. The summed E-state index contributed by atoms with van der Waals surface area (Å²) in [6.45, 7) is 0.290. The highest BCUT2D eigenvalue weighted by Crippen LogP contribution is 2.40. The third-order valence-electron chi connectivity index (χ3n) is 8.57. The Morgan fingerprint density at radius 1 is 0.909 bits per heavy atom. The zero-order valence-corrected chi connectivity index (χ0v) is 25.8. The molecule has 6 rings (SSSR count). The summed E-state index contributed by atoms with van der Waals surface area (Å²) < 4.78 is 73.9. The highest BCUT2D eigenvalue weighted by atomic mass is 35.5. The zero-order chi connectivity index (χ0) is 31.1. The Balaban J connectivity index is 1.30. The van der Waals surface area contributed by atoms with Crippen molar-refractivity contribution < 1.29 is 31.5 Å². The molecule has 1 saturated heterocycles. The normalized spacial score (nSPS) is 19.3. The van der Waals surface area contributed by atoms with Gasteiger partial charge in [-0.15, -0.1) is 0 Å². The van der Waals surface area contributed by atoms with Crippen LogP contribution >= 0.6 is 11.6 Å². The van der Waals surface area contributed by atoms with E-state index in [1.165, 1.54) is 23.1 Å². The smallest absolute Gasteiger partial charge is 0.298 e. The molecule has 12 heteroatoms. The van der Waals surface area contributed by atoms with Crippen LogP contribution in [0.4, 0.5) is 8.78 Å². The number of fused-ring (bicyclic) bond motifs is 1. The highest BCUT2D eigenvalue weighted by molar-refractivity contribution is 7.89. The topological polar surface area (TPSA) is 111 Å². The number of piperidine rings is 1. The third kappa shape index (κ3) is 6.80. The molecule has 1 aliphatic heterocycles. The van der Waals surface area contributed by atoms with E-state index < -0.39 is 33.5 Å². The molecule has 0 aromatic heterocycles. The fraction of sp³-hybridized carbons (Fsp3) is 0.469. The second-order valence-electron chi connectivity index (χ2n) is 12.0. The van der Waals surface area contributed by atoms with Crippen LogP contribution in [0.1, 0.15) is 56.9 Å². The number of rotatable bonds is 10. The number of nitrogens with two attached hydrogens (primary N) is 1. The third-order valence-corrected chi connectivity index (χ3v) is 10.3. The second-order valence-corrected chi connectivity index (χ2v) is 14.1. The molecule has 3 aliphatic rings. The number of hydrogen-bond donors (Lipinski definition) is 2. The van der Waals surface area contributed by atoms with Gasteiger partial charge in [0.15, 0.2) is 6.04 Å². The van der Waals surface area contributed by atoms with Crippen LogP contribution in [-0.4, -0.2) is 56.6 Å². The molecular weight excluding hydrogens is 612 g/mol. The maximum absolute atomic E-state index is 16.4. The first kappa shape index (κ1) is 31.0. The van der Waals surface area contributed by atoms with Gasteiger partial charge in [0.1, 0.15) is 11.5 Å². The Labute approximate surface area is 260 Å². The fourth-order valence-corrected chi connectivity index (χ4v) is 7.17. The number of sulfonamides is 1. The van der Waals surface area contributed by atoms with E-state index in [-0.39, 0.29) is 47.0 Å². The Morgan fingerprint density at radius 3 is 2.27 bits per heavy atom. The van der Waals surface area contributed by atoms with E-state index in [4.69, 9.17) is 26.8 Å². The molecule has 2 saturated carbocycles. The number of alkyl halides is 2. The molecule has 0 radical (unpaired) electrons. The molecule has 1 unspecified atom stereocenters. The van der Waals surface area contributed by atoms with Gasteiger partial charge >= 0.3 is 0 Å². The lowest BCUT2D eigenvalue weighted by atomic mass is 9.98. The van der Waals surface area contributed by atoms with Gasteiger partial charge in [0.05, 0.1) is 22.1 Å². The van der Waals surface area contributed by atoms with Crippen molar-refractivity contribution in [1.29, 1.82) is 0 Å². The number of hydrogen-bond acceptors (Lipinski definition) is 6. The first-order chi connectivity index (χ1) is 21.0. The summed E-state index contributed by atoms with van der Waals surface area (Å²) in [6, 6.07) is 10.6.